The number of anilines is 3. The first-order chi connectivity index (χ1) is 6.02. The van der Waals surface area contributed by atoms with Crippen molar-refractivity contribution in [2.45, 2.75) is 0 Å². The van der Waals surface area contributed by atoms with Crippen LogP contribution >= 0.6 is 0 Å². The number of hydrogen-bond donors (Lipinski definition) is 5. The van der Waals surface area contributed by atoms with Gasteiger partial charge in [0.1, 0.15) is 5.75 Å². The molecule has 0 unspecified atom stereocenters. The summed E-state index contributed by atoms with van der Waals surface area (Å²) in [4.78, 5) is 0. The molecule has 6 nitrogen and oxygen atoms in total. The molecule has 0 aliphatic rings. The SMILES string of the molecule is Nc1ccc(OB(O)O)c(N)c1N. The fourth-order valence-electron chi connectivity index (χ4n) is 0.850. The van der Waals surface area contributed by atoms with Crippen LogP contribution in [0.25, 0.3) is 0 Å². The molecular weight excluding hydrogens is 173 g/mol. The molecule has 0 atom stereocenters. The maximum Gasteiger partial charge on any atom is 0.707 e. The number of nitrogen functional groups attached to an aromatic ring is 3. The van der Waals surface area contributed by atoms with Gasteiger partial charge in [0.2, 0.25) is 0 Å². The minimum atomic E-state index is -1.93. The molecule has 0 radical (unpaired) electrons. The Labute approximate surface area is 75.1 Å². The molecule has 0 saturated heterocycles. The van der Waals surface area contributed by atoms with Crippen molar-refractivity contribution in [1.29, 1.82) is 0 Å². The van der Waals surface area contributed by atoms with E-state index in [4.69, 9.17) is 27.2 Å². The third-order valence-electron chi connectivity index (χ3n) is 1.51. The topological polar surface area (TPSA) is 128 Å². The predicted molar refractivity (Wildman–Crippen MR) is 50.5 cm³/mol. The molecule has 0 aromatic heterocycles. The molecule has 0 spiro atoms. The average molecular weight is 183 g/mol. The van der Waals surface area contributed by atoms with Crippen molar-refractivity contribution in [3.05, 3.63) is 12.1 Å². The van der Waals surface area contributed by atoms with E-state index in [0.717, 1.165) is 0 Å². The van der Waals surface area contributed by atoms with Crippen molar-refractivity contribution in [1.82, 2.24) is 0 Å². The molecule has 0 aliphatic heterocycles. The lowest BCUT2D eigenvalue weighted by molar-refractivity contribution is 0.289. The van der Waals surface area contributed by atoms with E-state index < -0.39 is 7.32 Å². The van der Waals surface area contributed by atoms with Gasteiger partial charge in [-0.25, -0.2) is 0 Å². The minimum Gasteiger partial charge on any atom is -0.510 e. The maximum absolute atomic E-state index is 8.50. The van der Waals surface area contributed by atoms with E-state index in [9.17, 15) is 0 Å². The van der Waals surface area contributed by atoms with Gasteiger partial charge in [-0.2, -0.15) is 0 Å². The fraction of sp³-hybridized carbons (Fsp3) is 0. The summed E-state index contributed by atoms with van der Waals surface area (Å²) in [7, 11) is -1.93. The Morgan fingerprint density at radius 3 is 2.23 bits per heavy atom. The van der Waals surface area contributed by atoms with Gasteiger partial charge in [0.05, 0.1) is 17.1 Å². The van der Waals surface area contributed by atoms with Gasteiger partial charge in [-0.05, 0) is 12.1 Å². The number of rotatable bonds is 2. The van der Waals surface area contributed by atoms with Crippen LogP contribution in [0.3, 0.4) is 0 Å². The van der Waals surface area contributed by atoms with Crippen LogP contribution in [-0.4, -0.2) is 17.4 Å². The smallest absolute Gasteiger partial charge is 0.510 e. The Morgan fingerprint density at radius 1 is 1.08 bits per heavy atom. The third kappa shape index (κ3) is 1.95. The summed E-state index contributed by atoms with van der Waals surface area (Å²) in [5.74, 6) is 0.0849. The van der Waals surface area contributed by atoms with Crippen molar-refractivity contribution in [3.8, 4) is 5.75 Å². The first-order valence-electron chi connectivity index (χ1n) is 3.48. The molecule has 0 fully saturated rings. The lowest BCUT2D eigenvalue weighted by Crippen LogP contribution is -2.21. The highest BCUT2D eigenvalue weighted by Gasteiger charge is 2.15. The second kappa shape index (κ2) is 3.42. The summed E-state index contributed by atoms with van der Waals surface area (Å²) in [5.41, 5.74) is 17.0. The second-order valence-electron chi connectivity index (χ2n) is 2.42. The van der Waals surface area contributed by atoms with E-state index in [1.165, 1.54) is 12.1 Å². The third-order valence-corrected chi connectivity index (χ3v) is 1.51. The predicted octanol–water partition coefficient (Wildman–Crippen LogP) is -1.22. The summed E-state index contributed by atoms with van der Waals surface area (Å²) < 4.78 is 4.53. The minimum absolute atomic E-state index is 0.0849. The van der Waals surface area contributed by atoms with Gasteiger partial charge in [0, 0.05) is 0 Å². The van der Waals surface area contributed by atoms with Crippen LogP contribution in [0.4, 0.5) is 17.1 Å². The Balaban J connectivity index is 3.04. The van der Waals surface area contributed by atoms with Crippen LogP contribution in [0.2, 0.25) is 0 Å². The van der Waals surface area contributed by atoms with Gasteiger partial charge in [-0.15, -0.1) is 0 Å². The standard InChI is InChI=1S/C6H10BN3O3/c8-3-1-2-4(13-7(11)12)6(10)5(3)9/h1-2,11-12H,8-10H2. The van der Waals surface area contributed by atoms with Crippen molar-refractivity contribution < 1.29 is 14.7 Å². The summed E-state index contributed by atoms with van der Waals surface area (Å²) in [6.07, 6.45) is 0. The molecule has 0 saturated carbocycles. The summed E-state index contributed by atoms with van der Waals surface area (Å²) in [6, 6.07) is 2.86. The molecule has 1 aromatic carbocycles. The Morgan fingerprint density at radius 2 is 1.69 bits per heavy atom. The first kappa shape index (κ1) is 9.49. The molecule has 70 valence electrons. The monoisotopic (exact) mass is 183 g/mol. The summed E-state index contributed by atoms with van der Waals surface area (Å²) in [6.45, 7) is 0. The van der Waals surface area contributed by atoms with Gasteiger partial charge >= 0.3 is 7.32 Å². The van der Waals surface area contributed by atoms with Gasteiger partial charge in [0.15, 0.2) is 0 Å². The van der Waals surface area contributed by atoms with Crippen LogP contribution in [0.15, 0.2) is 12.1 Å². The number of nitrogens with two attached hydrogens (primary N) is 3. The van der Waals surface area contributed by atoms with Gasteiger partial charge in [-0.1, -0.05) is 0 Å². The lowest BCUT2D eigenvalue weighted by atomic mass is 10.2. The number of hydrogen-bond acceptors (Lipinski definition) is 6. The van der Waals surface area contributed by atoms with Crippen LogP contribution < -0.4 is 21.9 Å². The zero-order valence-electron chi connectivity index (χ0n) is 6.77. The Kier molecular flexibility index (Phi) is 2.50. The zero-order chi connectivity index (χ0) is 10.0. The van der Waals surface area contributed by atoms with Crippen LogP contribution in [0.5, 0.6) is 5.75 Å². The fourth-order valence-corrected chi connectivity index (χ4v) is 0.850. The molecule has 0 amide bonds. The maximum atomic E-state index is 8.50. The van der Waals surface area contributed by atoms with Gasteiger partial charge in [-0.3, -0.25) is 0 Å². The highest BCUT2D eigenvalue weighted by molar-refractivity contribution is 6.34. The second-order valence-corrected chi connectivity index (χ2v) is 2.42. The molecule has 0 heterocycles. The lowest BCUT2D eigenvalue weighted by Gasteiger charge is -2.10. The van der Waals surface area contributed by atoms with Crippen molar-refractivity contribution >= 4 is 24.4 Å². The van der Waals surface area contributed by atoms with E-state index in [0.29, 0.717) is 5.69 Å². The van der Waals surface area contributed by atoms with E-state index in [1.54, 1.807) is 0 Å². The van der Waals surface area contributed by atoms with Crippen LogP contribution in [-0.2, 0) is 0 Å². The molecule has 0 aliphatic carbocycles. The number of benzene rings is 1. The molecule has 13 heavy (non-hydrogen) atoms. The van der Waals surface area contributed by atoms with Crippen molar-refractivity contribution in [2.75, 3.05) is 17.2 Å². The van der Waals surface area contributed by atoms with Gasteiger partial charge < -0.3 is 31.9 Å². The normalized spacial score (nSPS) is 9.69. The highest BCUT2D eigenvalue weighted by Crippen LogP contribution is 2.31. The van der Waals surface area contributed by atoms with Gasteiger partial charge in [0.25, 0.3) is 0 Å². The average Bonchev–Trinajstić information content (AvgIpc) is 2.06. The molecular formula is C6H10BN3O3. The Hall–Kier alpha value is -1.60. The molecule has 7 heteroatoms. The van der Waals surface area contributed by atoms with Crippen molar-refractivity contribution in [3.63, 3.8) is 0 Å². The quantitative estimate of drug-likeness (QED) is 0.289. The molecule has 1 aromatic rings. The summed E-state index contributed by atoms with van der Waals surface area (Å²) >= 11 is 0. The van der Waals surface area contributed by atoms with E-state index >= 15 is 0 Å². The molecule has 8 N–H and O–H groups in total. The molecule has 0 bridgehead atoms. The first-order valence-corrected chi connectivity index (χ1v) is 3.48. The van der Waals surface area contributed by atoms with E-state index in [1.807, 2.05) is 0 Å². The van der Waals surface area contributed by atoms with Crippen LogP contribution in [0.1, 0.15) is 0 Å². The zero-order valence-corrected chi connectivity index (χ0v) is 6.77. The van der Waals surface area contributed by atoms with Crippen molar-refractivity contribution in [2.24, 2.45) is 0 Å². The van der Waals surface area contributed by atoms with E-state index in [-0.39, 0.29) is 17.1 Å². The largest absolute Gasteiger partial charge is 0.707 e. The molecule has 1 rings (SSSR count). The van der Waals surface area contributed by atoms with E-state index in [2.05, 4.69) is 4.65 Å². The Bertz CT molecular complexity index is 318. The summed E-state index contributed by atoms with van der Waals surface area (Å²) in [5, 5.41) is 17.0. The highest BCUT2D eigenvalue weighted by atomic mass is 16.6. The van der Waals surface area contributed by atoms with Crippen LogP contribution in [0, 0.1) is 0 Å².